The van der Waals surface area contributed by atoms with Gasteiger partial charge in [0.05, 0.1) is 6.54 Å². The van der Waals surface area contributed by atoms with Crippen molar-refractivity contribution in [1.82, 2.24) is 5.32 Å². The first-order valence-electron chi connectivity index (χ1n) is 6.88. The molecule has 1 aliphatic rings. The number of amidine groups is 1. The average molecular weight is 341 g/mol. The quantitative estimate of drug-likeness (QED) is 0.758. The summed E-state index contributed by atoms with van der Waals surface area (Å²) >= 11 is 3.48. The number of aliphatic imine (C=N–C) groups is 1. The zero-order valence-corrected chi connectivity index (χ0v) is 12.9. The standard InChI is InChI=1S/C17H13BrN2O/c18-14-5-6-15-13(9-14)10-16(21-15)11-1-3-12(4-2-11)17-19-7-8-20-17/h1-6,9-10H,7-8H2,(H,19,20). The Hall–Kier alpha value is -2.07. The number of fused-ring (bicyclic) bond motifs is 1. The first kappa shape index (κ1) is 12.7. The van der Waals surface area contributed by atoms with E-state index in [2.05, 4.69) is 62.6 Å². The summed E-state index contributed by atoms with van der Waals surface area (Å²) < 4.78 is 6.97. The van der Waals surface area contributed by atoms with Gasteiger partial charge in [-0.1, -0.05) is 40.2 Å². The molecule has 3 aromatic rings. The van der Waals surface area contributed by atoms with E-state index in [1.54, 1.807) is 0 Å². The summed E-state index contributed by atoms with van der Waals surface area (Å²) in [6.07, 6.45) is 0. The Morgan fingerprint density at radius 2 is 1.81 bits per heavy atom. The van der Waals surface area contributed by atoms with Crippen molar-refractivity contribution in [3.05, 3.63) is 58.6 Å². The third-order valence-electron chi connectivity index (χ3n) is 3.60. The normalized spacial score (nSPS) is 14.2. The van der Waals surface area contributed by atoms with E-state index in [0.29, 0.717) is 0 Å². The molecule has 0 unspecified atom stereocenters. The van der Waals surface area contributed by atoms with Crippen LogP contribution in [0, 0.1) is 0 Å². The van der Waals surface area contributed by atoms with Gasteiger partial charge in [0.25, 0.3) is 0 Å². The molecule has 2 aromatic carbocycles. The minimum absolute atomic E-state index is 0.857. The summed E-state index contributed by atoms with van der Waals surface area (Å²) in [7, 11) is 0. The third kappa shape index (κ3) is 2.36. The monoisotopic (exact) mass is 340 g/mol. The maximum atomic E-state index is 5.91. The van der Waals surface area contributed by atoms with Crippen molar-refractivity contribution in [3.63, 3.8) is 0 Å². The fourth-order valence-electron chi connectivity index (χ4n) is 2.54. The molecule has 1 aromatic heterocycles. The summed E-state index contributed by atoms with van der Waals surface area (Å²) in [4.78, 5) is 4.43. The highest BCUT2D eigenvalue weighted by molar-refractivity contribution is 9.10. The number of hydrogen-bond donors (Lipinski definition) is 1. The highest BCUT2D eigenvalue weighted by Gasteiger charge is 2.10. The fraction of sp³-hybridized carbons (Fsp3) is 0.118. The zero-order valence-electron chi connectivity index (χ0n) is 11.3. The molecule has 1 N–H and O–H groups in total. The fourth-order valence-corrected chi connectivity index (χ4v) is 2.92. The molecule has 0 saturated carbocycles. The first-order chi connectivity index (χ1) is 10.3. The summed E-state index contributed by atoms with van der Waals surface area (Å²) in [5, 5.41) is 4.38. The Kier molecular flexibility index (Phi) is 3.04. The number of furan rings is 1. The molecular formula is C17H13BrN2O. The molecular weight excluding hydrogens is 328 g/mol. The molecule has 0 radical (unpaired) electrons. The van der Waals surface area contributed by atoms with E-state index in [0.717, 1.165) is 51.3 Å². The minimum atomic E-state index is 0.857. The Bertz CT molecular complexity index is 834. The smallest absolute Gasteiger partial charge is 0.135 e. The van der Waals surface area contributed by atoms with Gasteiger partial charge in [0.2, 0.25) is 0 Å². The highest BCUT2D eigenvalue weighted by atomic mass is 79.9. The Balaban J connectivity index is 1.71. The van der Waals surface area contributed by atoms with Crippen LogP contribution in [-0.2, 0) is 0 Å². The van der Waals surface area contributed by atoms with Crippen LogP contribution in [-0.4, -0.2) is 18.9 Å². The second kappa shape index (κ2) is 5.04. The van der Waals surface area contributed by atoms with Crippen molar-refractivity contribution < 1.29 is 4.42 Å². The predicted molar refractivity (Wildman–Crippen MR) is 88.8 cm³/mol. The minimum Gasteiger partial charge on any atom is -0.456 e. The zero-order chi connectivity index (χ0) is 14.2. The highest BCUT2D eigenvalue weighted by Crippen LogP contribution is 2.29. The molecule has 0 atom stereocenters. The van der Waals surface area contributed by atoms with Crippen molar-refractivity contribution in [2.75, 3.05) is 13.1 Å². The number of nitrogens with one attached hydrogen (secondary N) is 1. The lowest BCUT2D eigenvalue weighted by molar-refractivity contribution is 0.631. The topological polar surface area (TPSA) is 37.5 Å². The summed E-state index contributed by atoms with van der Waals surface area (Å²) in [6, 6.07) is 16.4. The van der Waals surface area contributed by atoms with Crippen LogP contribution in [0.4, 0.5) is 0 Å². The molecule has 4 rings (SSSR count). The third-order valence-corrected chi connectivity index (χ3v) is 4.09. The van der Waals surface area contributed by atoms with Crippen LogP contribution in [0.5, 0.6) is 0 Å². The van der Waals surface area contributed by atoms with Crippen molar-refractivity contribution in [3.8, 4) is 11.3 Å². The number of rotatable bonds is 2. The summed E-state index contributed by atoms with van der Waals surface area (Å²) in [5.74, 6) is 1.87. The van der Waals surface area contributed by atoms with Gasteiger partial charge in [-0.05, 0) is 24.3 Å². The molecule has 4 heteroatoms. The van der Waals surface area contributed by atoms with Gasteiger partial charge in [0, 0.05) is 27.5 Å². The van der Waals surface area contributed by atoms with Gasteiger partial charge in [0.1, 0.15) is 17.2 Å². The van der Waals surface area contributed by atoms with Crippen LogP contribution in [0.25, 0.3) is 22.3 Å². The maximum absolute atomic E-state index is 5.91. The number of halogens is 1. The van der Waals surface area contributed by atoms with Crippen molar-refractivity contribution in [1.29, 1.82) is 0 Å². The van der Waals surface area contributed by atoms with E-state index in [1.165, 1.54) is 0 Å². The molecule has 0 amide bonds. The molecule has 1 aliphatic heterocycles. The molecule has 2 heterocycles. The Morgan fingerprint density at radius 1 is 1.00 bits per heavy atom. The van der Waals surface area contributed by atoms with Gasteiger partial charge in [-0.2, -0.15) is 0 Å². The van der Waals surface area contributed by atoms with E-state index in [4.69, 9.17) is 4.42 Å². The lowest BCUT2D eigenvalue weighted by Crippen LogP contribution is -2.19. The largest absolute Gasteiger partial charge is 0.456 e. The van der Waals surface area contributed by atoms with Crippen molar-refractivity contribution >= 4 is 32.7 Å². The maximum Gasteiger partial charge on any atom is 0.135 e. The Morgan fingerprint density at radius 3 is 2.57 bits per heavy atom. The summed E-state index contributed by atoms with van der Waals surface area (Å²) in [6.45, 7) is 1.78. The van der Waals surface area contributed by atoms with E-state index >= 15 is 0 Å². The number of nitrogens with zero attached hydrogens (tertiary/aromatic N) is 1. The first-order valence-corrected chi connectivity index (χ1v) is 7.67. The predicted octanol–water partition coefficient (Wildman–Crippen LogP) is 4.21. The van der Waals surface area contributed by atoms with Gasteiger partial charge < -0.3 is 9.73 Å². The Labute approximate surface area is 130 Å². The summed E-state index contributed by atoms with van der Waals surface area (Å²) in [5.41, 5.74) is 3.10. The van der Waals surface area contributed by atoms with Crippen molar-refractivity contribution in [2.45, 2.75) is 0 Å². The second-order valence-corrected chi connectivity index (χ2v) is 5.94. The van der Waals surface area contributed by atoms with Crippen molar-refractivity contribution in [2.24, 2.45) is 4.99 Å². The van der Waals surface area contributed by atoms with E-state index < -0.39 is 0 Å². The van der Waals surface area contributed by atoms with Gasteiger partial charge in [-0.15, -0.1) is 0 Å². The van der Waals surface area contributed by atoms with Gasteiger partial charge >= 0.3 is 0 Å². The lowest BCUT2D eigenvalue weighted by atomic mass is 10.1. The molecule has 0 bridgehead atoms. The van der Waals surface area contributed by atoms with Gasteiger partial charge in [-0.3, -0.25) is 4.99 Å². The molecule has 0 fully saturated rings. The van der Waals surface area contributed by atoms with E-state index in [1.807, 2.05) is 12.1 Å². The lowest BCUT2D eigenvalue weighted by Gasteiger charge is -2.03. The average Bonchev–Trinajstić information content (AvgIpc) is 3.16. The van der Waals surface area contributed by atoms with Crippen LogP contribution < -0.4 is 5.32 Å². The number of hydrogen-bond acceptors (Lipinski definition) is 3. The van der Waals surface area contributed by atoms with Gasteiger partial charge in [-0.25, -0.2) is 0 Å². The molecule has 0 aliphatic carbocycles. The molecule has 0 spiro atoms. The van der Waals surface area contributed by atoms with Crippen LogP contribution in [0.1, 0.15) is 5.56 Å². The van der Waals surface area contributed by atoms with E-state index in [9.17, 15) is 0 Å². The van der Waals surface area contributed by atoms with Gasteiger partial charge in [0.15, 0.2) is 0 Å². The molecule has 0 saturated heterocycles. The molecule has 21 heavy (non-hydrogen) atoms. The van der Waals surface area contributed by atoms with Crippen LogP contribution in [0.15, 0.2) is 62.4 Å². The van der Waals surface area contributed by atoms with Crippen LogP contribution in [0.3, 0.4) is 0 Å². The molecule has 3 nitrogen and oxygen atoms in total. The van der Waals surface area contributed by atoms with Crippen LogP contribution in [0.2, 0.25) is 0 Å². The van der Waals surface area contributed by atoms with Crippen LogP contribution >= 0.6 is 15.9 Å². The van der Waals surface area contributed by atoms with E-state index in [-0.39, 0.29) is 0 Å². The molecule has 104 valence electrons. The second-order valence-electron chi connectivity index (χ2n) is 5.03. The number of benzene rings is 2. The SMILES string of the molecule is Brc1ccc2oc(-c3ccc(C4=NCCN4)cc3)cc2c1.